The summed E-state index contributed by atoms with van der Waals surface area (Å²) in [6.07, 6.45) is 8.16. The summed E-state index contributed by atoms with van der Waals surface area (Å²) < 4.78 is 0. The Bertz CT molecular complexity index is 929. The lowest BCUT2D eigenvalue weighted by Crippen LogP contribution is -2.58. The smallest absolute Gasteiger partial charge is 0.246 e. The van der Waals surface area contributed by atoms with Crippen LogP contribution in [0.1, 0.15) is 73.3 Å². The number of nitrogens with zero attached hydrogens (tertiary/aromatic N) is 3. The number of rotatable bonds is 11. The van der Waals surface area contributed by atoms with Crippen molar-refractivity contribution in [1.82, 2.24) is 25.4 Å². The van der Waals surface area contributed by atoms with Crippen molar-refractivity contribution in [2.45, 2.75) is 98.4 Å². The molecule has 37 heavy (non-hydrogen) atoms. The first-order chi connectivity index (χ1) is 17.4. The Balaban J connectivity index is 2.13. The lowest BCUT2D eigenvalue weighted by Gasteiger charge is -2.39. The van der Waals surface area contributed by atoms with E-state index >= 15 is 0 Å². The van der Waals surface area contributed by atoms with Crippen LogP contribution in [-0.2, 0) is 20.9 Å². The lowest BCUT2D eigenvalue weighted by molar-refractivity contribution is -0.140. The Morgan fingerprint density at radius 2 is 1.73 bits per heavy atom. The van der Waals surface area contributed by atoms with Gasteiger partial charge in [0.25, 0.3) is 0 Å². The highest BCUT2D eigenvalue weighted by atomic mass is 16.2. The first kappa shape index (κ1) is 30.5. The van der Waals surface area contributed by atoms with Gasteiger partial charge in [-0.1, -0.05) is 40.2 Å². The van der Waals surface area contributed by atoms with Crippen LogP contribution in [0.15, 0.2) is 36.2 Å². The third kappa shape index (κ3) is 8.66. The molecule has 206 valence electrons. The van der Waals surface area contributed by atoms with Gasteiger partial charge < -0.3 is 15.5 Å². The minimum atomic E-state index is -0.635. The molecule has 3 atom stereocenters. The van der Waals surface area contributed by atoms with Crippen LogP contribution in [0.5, 0.6) is 0 Å². The Kier molecular flexibility index (Phi) is 11.8. The molecule has 8 heteroatoms. The third-order valence-corrected chi connectivity index (χ3v) is 7.20. The van der Waals surface area contributed by atoms with E-state index in [4.69, 9.17) is 0 Å². The van der Waals surface area contributed by atoms with E-state index in [1.807, 2.05) is 45.9 Å². The molecule has 1 aromatic rings. The van der Waals surface area contributed by atoms with Crippen LogP contribution in [0.3, 0.4) is 0 Å². The predicted molar refractivity (Wildman–Crippen MR) is 147 cm³/mol. The van der Waals surface area contributed by atoms with Crippen molar-refractivity contribution < 1.29 is 14.4 Å². The number of nitrogens with one attached hydrogen (secondary N) is 2. The van der Waals surface area contributed by atoms with Gasteiger partial charge in [0.2, 0.25) is 17.7 Å². The minimum Gasteiger partial charge on any atom is -0.348 e. The van der Waals surface area contributed by atoms with E-state index < -0.39 is 6.04 Å². The molecule has 0 aliphatic carbocycles. The zero-order chi connectivity index (χ0) is 27.7. The van der Waals surface area contributed by atoms with E-state index in [-0.39, 0.29) is 47.7 Å². The summed E-state index contributed by atoms with van der Waals surface area (Å²) in [6, 6.07) is 2.85. The largest absolute Gasteiger partial charge is 0.348 e. The van der Waals surface area contributed by atoms with E-state index in [0.717, 1.165) is 31.4 Å². The highest BCUT2D eigenvalue weighted by Gasteiger charge is 2.36. The third-order valence-electron chi connectivity index (χ3n) is 7.20. The van der Waals surface area contributed by atoms with Crippen LogP contribution >= 0.6 is 0 Å². The van der Waals surface area contributed by atoms with Crippen molar-refractivity contribution in [3.8, 4) is 0 Å². The van der Waals surface area contributed by atoms with Crippen LogP contribution < -0.4 is 10.6 Å². The standard InChI is InChI=1S/C29H47N5O3/c1-19(2)25(17-22(7)27(35)31-18-23-12-14-30-15-13-23)33(8)29(37)26(20(3)4)32-28(36)24-11-9-10-16-34(24)21(5)6/h12-15,17,19-21,24-26H,9-11,16,18H2,1-8H3,(H,31,35)(H,32,36)/b22-17+/t24?,25-,26?/m1/s1. The molecule has 1 aromatic heterocycles. The molecule has 1 fully saturated rings. The van der Waals surface area contributed by atoms with Crippen molar-refractivity contribution in [3.05, 3.63) is 41.7 Å². The topological polar surface area (TPSA) is 94.6 Å². The molecule has 1 saturated heterocycles. The summed E-state index contributed by atoms with van der Waals surface area (Å²) in [7, 11) is 1.76. The molecule has 0 radical (unpaired) electrons. The van der Waals surface area contributed by atoms with Gasteiger partial charge in [-0.25, -0.2) is 0 Å². The zero-order valence-corrected chi connectivity index (χ0v) is 24.0. The molecule has 0 spiro atoms. The summed E-state index contributed by atoms with van der Waals surface area (Å²) in [5.74, 6) is -0.387. The van der Waals surface area contributed by atoms with Gasteiger partial charge in [0, 0.05) is 37.6 Å². The molecular formula is C29H47N5O3. The monoisotopic (exact) mass is 513 g/mol. The number of carbonyl (C=O) groups excluding carboxylic acids is 3. The van der Waals surface area contributed by atoms with Gasteiger partial charge >= 0.3 is 0 Å². The van der Waals surface area contributed by atoms with Crippen LogP contribution in [0.4, 0.5) is 0 Å². The summed E-state index contributed by atoms with van der Waals surface area (Å²) in [4.78, 5) is 47.7. The van der Waals surface area contributed by atoms with E-state index in [1.54, 1.807) is 31.3 Å². The number of hydrogen-bond donors (Lipinski definition) is 2. The normalized spacial score (nSPS) is 18.6. The molecule has 0 aromatic carbocycles. The first-order valence-corrected chi connectivity index (χ1v) is 13.6. The van der Waals surface area contributed by atoms with Crippen molar-refractivity contribution in [3.63, 3.8) is 0 Å². The van der Waals surface area contributed by atoms with Gasteiger partial charge in [0.15, 0.2) is 0 Å². The lowest BCUT2D eigenvalue weighted by atomic mass is 9.95. The van der Waals surface area contributed by atoms with Crippen molar-refractivity contribution >= 4 is 17.7 Å². The molecule has 1 aliphatic heterocycles. The number of aromatic nitrogens is 1. The second-order valence-corrected chi connectivity index (χ2v) is 11.1. The molecule has 3 amide bonds. The Morgan fingerprint density at radius 1 is 1.08 bits per heavy atom. The molecule has 2 heterocycles. The second kappa shape index (κ2) is 14.3. The quantitative estimate of drug-likeness (QED) is 0.442. The summed E-state index contributed by atoms with van der Waals surface area (Å²) in [5.41, 5.74) is 1.51. The number of amides is 3. The molecular weight excluding hydrogens is 466 g/mol. The number of pyridine rings is 1. The molecule has 2 rings (SSSR count). The second-order valence-electron chi connectivity index (χ2n) is 11.1. The molecule has 1 aliphatic rings. The maximum atomic E-state index is 13.7. The Morgan fingerprint density at radius 3 is 2.30 bits per heavy atom. The molecule has 2 unspecified atom stereocenters. The Labute approximate surface area is 223 Å². The average Bonchev–Trinajstić information content (AvgIpc) is 2.87. The fourth-order valence-electron chi connectivity index (χ4n) is 4.89. The van der Waals surface area contributed by atoms with Crippen molar-refractivity contribution in [1.29, 1.82) is 0 Å². The molecule has 0 bridgehead atoms. The zero-order valence-electron chi connectivity index (χ0n) is 24.0. The number of likely N-dealkylation sites (N-methyl/N-ethyl adjacent to an activating group) is 1. The Hall–Kier alpha value is -2.74. The molecule has 0 saturated carbocycles. The number of carbonyl (C=O) groups is 3. The SMILES string of the molecule is C/C(=C\[C@H](C(C)C)N(C)C(=O)C(NC(=O)C1CCCCN1C(C)C)C(C)C)C(=O)NCc1ccncc1. The number of piperidine rings is 1. The number of hydrogen-bond acceptors (Lipinski definition) is 5. The van der Waals surface area contributed by atoms with Gasteiger partial charge in [-0.3, -0.25) is 24.3 Å². The predicted octanol–water partition coefficient (Wildman–Crippen LogP) is 3.53. The molecule has 8 nitrogen and oxygen atoms in total. The van der Waals surface area contributed by atoms with Gasteiger partial charge in [0.05, 0.1) is 12.1 Å². The summed E-state index contributed by atoms with van der Waals surface area (Å²) >= 11 is 0. The van der Waals surface area contributed by atoms with E-state index in [9.17, 15) is 14.4 Å². The van der Waals surface area contributed by atoms with E-state index in [2.05, 4.69) is 34.4 Å². The van der Waals surface area contributed by atoms with E-state index in [0.29, 0.717) is 12.1 Å². The average molecular weight is 514 g/mol. The van der Waals surface area contributed by atoms with Gasteiger partial charge in [-0.05, 0) is 69.7 Å². The fourth-order valence-corrected chi connectivity index (χ4v) is 4.89. The highest BCUT2D eigenvalue weighted by Crippen LogP contribution is 2.21. The van der Waals surface area contributed by atoms with Gasteiger partial charge in [0.1, 0.15) is 6.04 Å². The van der Waals surface area contributed by atoms with Crippen molar-refractivity contribution in [2.24, 2.45) is 11.8 Å². The first-order valence-electron chi connectivity index (χ1n) is 13.6. The van der Waals surface area contributed by atoms with Crippen LogP contribution in [-0.4, -0.2) is 70.3 Å². The van der Waals surface area contributed by atoms with Crippen molar-refractivity contribution in [2.75, 3.05) is 13.6 Å². The van der Waals surface area contributed by atoms with Gasteiger partial charge in [-0.15, -0.1) is 0 Å². The minimum absolute atomic E-state index is 0.0721. The van der Waals surface area contributed by atoms with Crippen LogP contribution in [0.25, 0.3) is 0 Å². The summed E-state index contributed by atoms with van der Waals surface area (Å²) in [6.45, 7) is 15.3. The fraction of sp³-hybridized carbons (Fsp3) is 0.655. The van der Waals surface area contributed by atoms with Crippen LogP contribution in [0, 0.1) is 11.8 Å². The van der Waals surface area contributed by atoms with E-state index in [1.165, 1.54) is 0 Å². The molecule has 2 N–H and O–H groups in total. The van der Waals surface area contributed by atoms with Gasteiger partial charge in [-0.2, -0.15) is 0 Å². The highest BCUT2D eigenvalue weighted by molar-refractivity contribution is 5.93. The number of likely N-dealkylation sites (tertiary alicyclic amines) is 1. The van der Waals surface area contributed by atoms with Crippen LogP contribution in [0.2, 0.25) is 0 Å². The maximum Gasteiger partial charge on any atom is 0.246 e. The maximum absolute atomic E-state index is 13.7. The summed E-state index contributed by atoms with van der Waals surface area (Å²) in [5, 5.41) is 6.01.